The average molecular weight is 189 g/mol. The first-order chi connectivity index (χ1) is 5.99. The van der Waals surface area contributed by atoms with E-state index in [4.69, 9.17) is 4.74 Å². The zero-order chi connectivity index (χ0) is 10.4. The van der Waals surface area contributed by atoms with Crippen LogP contribution in [-0.4, -0.2) is 24.0 Å². The second-order valence-corrected chi connectivity index (χ2v) is 3.03. The van der Waals surface area contributed by atoms with Gasteiger partial charge in [-0.3, -0.25) is 14.9 Å². The Balaban J connectivity index is 4.00. The topological polar surface area (TPSA) is 69.4 Å². The summed E-state index contributed by atoms with van der Waals surface area (Å²) in [6, 6.07) is 0. The van der Waals surface area contributed by atoms with Crippen LogP contribution in [0.5, 0.6) is 0 Å². The molecule has 0 aromatic carbocycles. The van der Waals surface area contributed by atoms with Crippen molar-refractivity contribution < 1.29 is 14.5 Å². The van der Waals surface area contributed by atoms with Crippen LogP contribution in [0.1, 0.15) is 20.8 Å². The molecule has 5 heteroatoms. The van der Waals surface area contributed by atoms with Crippen molar-refractivity contribution in [1.29, 1.82) is 0 Å². The van der Waals surface area contributed by atoms with Gasteiger partial charge in [-0.1, -0.05) is 13.8 Å². The van der Waals surface area contributed by atoms with Gasteiger partial charge in [0.15, 0.2) is 0 Å². The van der Waals surface area contributed by atoms with Gasteiger partial charge in [0, 0.05) is 10.8 Å². The maximum Gasteiger partial charge on any atom is 0.309 e. The summed E-state index contributed by atoms with van der Waals surface area (Å²) in [5, 5.41) is 10.1. The van der Waals surface area contributed by atoms with E-state index >= 15 is 0 Å². The van der Waals surface area contributed by atoms with E-state index < -0.39 is 10.8 Å². The number of hydrogen-bond donors (Lipinski definition) is 0. The molecule has 5 nitrogen and oxygen atoms in total. The van der Waals surface area contributed by atoms with E-state index in [0.717, 1.165) is 0 Å². The lowest BCUT2D eigenvalue weighted by Crippen LogP contribution is -2.26. The highest BCUT2D eigenvalue weighted by Crippen LogP contribution is 2.12. The van der Waals surface area contributed by atoms with Gasteiger partial charge in [-0.2, -0.15) is 0 Å². The average Bonchev–Trinajstić information content (AvgIpc) is 2.02. The number of rotatable bonds is 5. The Morgan fingerprint density at radius 1 is 1.54 bits per heavy atom. The Hall–Kier alpha value is -1.13. The van der Waals surface area contributed by atoms with E-state index in [-0.39, 0.29) is 18.4 Å². The van der Waals surface area contributed by atoms with E-state index in [1.165, 1.54) is 0 Å². The minimum Gasteiger partial charge on any atom is -0.466 e. The molecule has 0 aliphatic heterocycles. The monoisotopic (exact) mass is 189 g/mol. The third-order valence-electron chi connectivity index (χ3n) is 1.95. The second kappa shape index (κ2) is 5.50. The normalized spacial score (nSPS) is 14.7. The highest BCUT2D eigenvalue weighted by Gasteiger charge is 2.24. The Morgan fingerprint density at radius 3 is 2.46 bits per heavy atom. The number of ether oxygens (including phenoxy) is 1. The van der Waals surface area contributed by atoms with Crippen LogP contribution in [0.3, 0.4) is 0 Å². The molecule has 0 saturated carbocycles. The first-order valence-corrected chi connectivity index (χ1v) is 4.27. The van der Waals surface area contributed by atoms with Crippen molar-refractivity contribution in [2.75, 3.05) is 13.2 Å². The number of carbonyl (C=O) groups excluding carboxylic acids is 1. The van der Waals surface area contributed by atoms with Gasteiger partial charge >= 0.3 is 5.97 Å². The molecule has 0 spiro atoms. The Bertz CT molecular complexity index is 193. The van der Waals surface area contributed by atoms with Crippen LogP contribution in [0.4, 0.5) is 0 Å². The van der Waals surface area contributed by atoms with E-state index in [0.29, 0.717) is 6.61 Å². The number of carbonyl (C=O) groups is 1. The summed E-state index contributed by atoms with van der Waals surface area (Å²) in [6.45, 7) is 5.15. The number of hydrogen-bond acceptors (Lipinski definition) is 4. The van der Waals surface area contributed by atoms with Crippen LogP contribution in [0.2, 0.25) is 0 Å². The molecule has 76 valence electrons. The van der Waals surface area contributed by atoms with Crippen molar-refractivity contribution in [3.63, 3.8) is 0 Å². The van der Waals surface area contributed by atoms with Crippen molar-refractivity contribution in [2.45, 2.75) is 20.8 Å². The summed E-state index contributed by atoms with van der Waals surface area (Å²) in [5.74, 6) is -1.06. The summed E-state index contributed by atoms with van der Waals surface area (Å²) >= 11 is 0. The number of nitro groups is 1. The molecule has 2 atom stereocenters. The van der Waals surface area contributed by atoms with Gasteiger partial charge < -0.3 is 4.74 Å². The minimum absolute atomic E-state index is 0.194. The van der Waals surface area contributed by atoms with Crippen LogP contribution >= 0.6 is 0 Å². The van der Waals surface area contributed by atoms with Gasteiger partial charge in [0.2, 0.25) is 6.54 Å². The summed E-state index contributed by atoms with van der Waals surface area (Å²) in [5.41, 5.74) is 0. The fourth-order valence-electron chi connectivity index (χ4n) is 0.899. The van der Waals surface area contributed by atoms with Gasteiger partial charge in [0.05, 0.1) is 12.5 Å². The lowest BCUT2D eigenvalue weighted by molar-refractivity contribution is -0.488. The first-order valence-electron chi connectivity index (χ1n) is 4.27. The Kier molecular flexibility index (Phi) is 5.03. The molecule has 0 heterocycles. The third-order valence-corrected chi connectivity index (χ3v) is 1.95. The lowest BCUT2D eigenvalue weighted by atomic mass is 9.96. The number of nitrogens with zero attached hydrogens (tertiary/aromatic N) is 1. The quantitative estimate of drug-likeness (QED) is 0.369. The van der Waals surface area contributed by atoms with Crippen molar-refractivity contribution in [3.05, 3.63) is 10.1 Å². The molecule has 0 aliphatic carbocycles. The van der Waals surface area contributed by atoms with Gasteiger partial charge in [-0.05, 0) is 6.92 Å². The summed E-state index contributed by atoms with van der Waals surface area (Å²) in [7, 11) is 0. The fraction of sp³-hybridized carbons (Fsp3) is 0.875. The van der Waals surface area contributed by atoms with Crippen molar-refractivity contribution in [1.82, 2.24) is 0 Å². The van der Waals surface area contributed by atoms with Crippen molar-refractivity contribution in [2.24, 2.45) is 11.8 Å². The highest BCUT2D eigenvalue weighted by atomic mass is 16.6. The largest absolute Gasteiger partial charge is 0.466 e. The van der Waals surface area contributed by atoms with Crippen LogP contribution in [0.25, 0.3) is 0 Å². The molecule has 0 radical (unpaired) electrons. The van der Waals surface area contributed by atoms with Gasteiger partial charge in [0.1, 0.15) is 0 Å². The van der Waals surface area contributed by atoms with Crippen LogP contribution in [0, 0.1) is 22.0 Å². The molecule has 0 aliphatic rings. The fourth-order valence-corrected chi connectivity index (χ4v) is 0.899. The SMILES string of the molecule is CCOC(=O)C(C)C(C)C[N+](=O)[O-]. The summed E-state index contributed by atoms with van der Waals surface area (Å²) < 4.78 is 4.74. The first kappa shape index (κ1) is 11.9. The molecule has 0 N–H and O–H groups in total. The third kappa shape index (κ3) is 4.45. The molecule has 0 aromatic heterocycles. The number of esters is 1. The zero-order valence-electron chi connectivity index (χ0n) is 8.15. The zero-order valence-corrected chi connectivity index (χ0v) is 8.15. The molecule has 2 unspecified atom stereocenters. The molecule has 0 amide bonds. The van der Waals surface area contributed by atoms with E-state index in [1.807, 2.05) is 0 Å². The van der Waals surface area contributed by atoms with Crippen LogP contribution in [-0.2, 0) is 9.53 Å². The minimum atomic E-state index is -0.416. The van der Waals surface area contributed by atoms with E-state index in [2.05, 4.69) is 0 Å². The molecule has 0 rings (SSSR count). The molecule has 0 saturated heterocycles. The smallest absolute Gasteiger partial charge is 0.309 e. The second-order valence-electron chi connectivity index (χ2n) is 3.03. The maximum atomic E-state index is 11.1. The van der Waals surface area contributed by atoms with Gasteiger partial charge in [-0.25, -0.2) is 0 Å². The van der Waals surface area contributed by atoms with Crippen molar-refractivity contribution >= 4 is 5.97 Å². The summed E-state index contributed by atoms with van der Waals surface area (Å²) in [4.78, 5) is 20.9. The Morgan fingerprint density at radius 2 is 2.08 bits per heavy atom. The van der Waals surface area contributed by atoms with Gasteiger partial charge in [0.25, 0.3) is 0 Å². The van der Waals surface area contributed by atoms with Crippen LogP contribution in [0.15, 0.2) is 0 Å². The Labute approximate surface area is 77.2 Å². The molecule has 0 fully saturated rings. The van der Waals surface area contributed by atoms with Crippen molar-refractivity contribution in [3.8, 4) is 0 Å². The molecular weight excluding hydrogens is 174 g/mol. The molecule has 13 heavy (non-hydrogen) atoms. The predicted octanol–water partition coefficient (Wildman–Crippen LogP) is 1.10. The molecule has 0 bridgehead atoms. The summed E-state index contributed by atoms with van der Waals surface area (Å²) in [6.07, 6.45) is 0. The predicted molar refractivity (Wildman–Crippen MR) is 46.8 cm³/mol. The van der Waals surface area contributed by atoms with Crippen LogP contribution < -0.4 is 0 Å². The van der Waals surface area contributed by atoms with E-state index in [1.54, 1.807) is 20.8 Å². The highest BCUT2D eigenvalue weighted by molar-refractivity contribution is 5.72. The van der Waals surface area contributed by atoms with E-state index in [9.17, 15) is 14.9 Å². The molecule has 0 aromatic rings. The molecular formula is C8H15NO4. The van der Waals surface area contributed by atoms with Gasteiger partial charge in [-0.15, -0.1) is 0 Å². The maximum absolute atomic E-state index is 11.1. The lowest BCUT2D eigenvalue weighted by Gasteiger charge is -2.14. The standard InChI is InChI=1S/C8H15NO4/c1-4-13-8(10)7(3)6(2)5-9(11)12/h6-7H,4-5H2,1-3H3.